The van der Waals surface area contributed by atoms with Crippen LogP contribution >= 0.6 is 0 Å². The molecule has 0 saturated heterocycles. The lowest BCUT2D eigenvalue weighted by atomic mass is 10.1. The first kappa shape index (κ1) is 12.8. The number of carbonyl (C=O) groups is 1. The molecule has 0 aliphatic rings. The standard InChI is InChI=1S/C14H20O2/c1-4-13(15)6-5-7-16-14-9-11(2)8-12(3)10-14/h8-10H,4-7H2,1-3H3. The Balaban J connectivity index is 2.34. The van der Waals surface area contributed by atoms with Gasteiger partial charge >= 0.3 is 0 Å². The van der Waals surface area contributed by atoms with E-state index in [1.165, 1.54) is 11.1 Å². The molecular formula is C14H20O2. The van der Waals surface area contributed by atoms with Gasteiger partial charge in [0.1, 0.15) is 11.5 Å². The van der Waals surface area contributed by atoms with Gasteiger partial charge in [0, 0.05) is 12.8 Å². The van der Waals surface area contributed by atoms with Crippen molar-refractivity contribution in [3.05, 3.63) is 29.3 Å². The maximum Gasteiger partial charge on any atom is 0.132 e. The molecule has 0 unspecified atom stereocenters. The third kappa shape index (κ3) is 4.47. The third-order valence-electron chi connectivity index (χ3n) is 2.46. The normalized spacial score (nSPS) is 10.2. The number of benzene rings is 1. The molecule has 0 atom stereocenters. The zero-order valence-corrected chi connectivity index (χ0v) is 10.4. The summed E-state index contributed by atoms with van der Waals surface area (Å²) in [5.74, 6) is 1.21. The number of hydrogen-bond donors (Lipinski definition) is 0. The van der Waals surface area contributed by atoms with Crippen molar-refractivity contribution in [3.8, 4) is 5.75 Å². The number of carbonyl (C=O) groups excluding carboxylic acids is 1. The molecule has 0 aromatic heterocycles. The fraction of sp³-hybridized carbons (Fsp3) is 0.500. The van der Waals surface area contributed by atoms with E-state index in [1.807, 2.05) is 19.1 Å². The van der Waals surface area contributed by atoms with E-state index in [4.69, 9.17) is 4.74 Å². The Bertz CT molecular complexity index is 336. The second kappa shape index (κ2) is 6.31. The SMILES string of the molecule is CCC(=O)CCCOc1cc(C)cc(C)c1. The molecule has 1 rings (SSSR count). The van der Waals surface area contributed by atoms with E-state index < -0.39 is 0 Å². The molecule has 2 nitrogen and oxygen atoms in total. The molecule has 0 aliphatic carbocycles. The summed E-state index contributed by atoms with van der Waals surface area (Å²) in [7, 11) is 0. The van der Waals surface area contributed by atoms with Crippen LogP contribution in [-0.2, 0) is 4.79 Å². The molecule has 1 aromatic rings. The number of aryl methyl sites for hydroxylation is 2. The van der Waals surface area contributed by atoms with Crippen molar-refractivity contribution in [1.29, 1.82) is 0 Å². The van der Waals surface area contributed by atoms with Crippen LogP contribution in [0, 0.1) is 13.8 Å². The summed E-state index contributed by atoms with van der Waals surface area (Å²) in [6.45, 7) is 6.63. The Morgan fingerprint density at radius 1 is 1.19 bits per heavy atom. The van der Waals surface area contributed by atoms with Crippen molar-refractivity contribution in [2.24, 2.45) is 0 Å². The van der Waals surface area contributed by atoms with Crippen LogP contribution in [0.5, 0.6) is 5.75 Å². The minimum atomic E-state index is 0.309. The highest BCUT2D eigenvalue weighted by Crippen LogP contribution is 2.16. The molecule has 0 spiro atoms. The van der Waals surface area contributed by atoms with Gasteiger partial charge in [-0.2, -0.15) is 0 Å². The van der Waals surface area contributed by atoms with Crippen molar-refractivity contribution < 1.29 is 9.53 Å². The fourth-order valence-corrected chi connectivity index (χ4v) is 1.65. The Hall–Kier alpha value is -1.31. The van der Waals surface area contributed by atoms with E-state index in [1.54, 1.807) is 0 Å². The maximum absolute atomic E-state index is 11.1. The Morgan fingerprint density at radius 3 is 2.38 bits per heavy atom. The maximum atomic E-state index is 11.1. The predicted molar refractivity (Wildman–Crippen MR) is 65.9 cm³/mol. The molecule has 0 amide bonds. The van der Waals surface area contributed by atoms with E-state index in [9.17, 15) is 4.79 Å². The molecule has 2 heteroatoms. The lowest BCUT2D eigenvalue weighted by Gasteiger charge is -2.07. The Kier molecular flexibility index (Phi) is 5.03. The van der Waals surface area contributed by atoms with Gasteiger partial charge in [-0.3, -0.25) is 4.79 Å². The number of ether oxygens (including phenoxy) is 1. The summed E-state index contributed by atoms with van der Waals surface area (Å²) in [5.41, 5.74) is 2.42. The summed E-state index contributed by atoms with van der Waals surface area (Å²) in [6, 6.07) is 6.16. The van der Waals surface area contributed by atoms with Gasteiger partial charge in [0.05, 0.1) is 6.61 Å². The highest BCUT2D eigenvalue weighted by Gasteiger charge is 2.00. The molecule has 0 heterocycles. The molecule has 1 aromatic carbocycles. The summed E-state index contributed by atoms with van der Waals surface area (Å²) in [5, 5.41) is 0. The largest absolute Gasteiger partial charge is 0.494 e. The lowest BCUT2D eigenvalue weighted by molar-refractivity contribution is -0.118. The Morgan fingerprint density at radius 2 is 1.81 bits per heavy atom. The van der Waals surface area contributed by atoms with Crippen LogP contribution in [0.1, 0.15) is 37.3 Å². The summed E-state index contributed by atoms with van der Waals surface area (Å²) in [6.07, 6.45) is 2.06. The van der Waals surface area contributed by atoms with Crippen LogP contribution in [0.2, 0.25) is 0 Å². The molecule has 0 aliphatic heterocycles. The highest BCUT2D eigenvalue weighted by molar-refractivity contribution is 5.77. The summed E-state index contributed by atoms with van der Waals surface area (Å²) >= 11 is 0. The quantitative estimate of drug-likeness (QED) is 0.686. The number of ketones is 1. The molecule has 0 N–H and O–H groups in total. The van der Waals surface area contributed by atoms with Crippen molar-refractivity contribution in [2.75, 3.05) is 6.61 Å². The van der Waals surface area contributed by atoms with Crippen LogP contribution < -0.4 is 4.74 Å². The number of hydrogen-bond acceptors (Lipinski definition) is 2. The van der Waals surface area contributed by atoms with Crippen molar-refractivity contribution >= 4 is 5.78 Å². The molecule has 88 valence electrons. The minimum Gasteiger partial charge on any atom is -0.494 e. The van der Waals surface area contributed by atoms with E-state index in [2.05, 4.69) is 19.9 Å². The van der Waals surface area contributed by atoms with Gasteiger partial charge in [0.25, 0.3) is 0 Å². The van der Waals surface area contributed by atoms with Gasteiger partial charge < -0.3 is 4.74 Å². The first-order chi connectivity index (χ1) is 7.61. The van der Waals surface area contributed by atoms with E-state index in [0.29, 0.717) is 25.2 Å². The second-order valence-corrected chi connectivity index (χ2v) is 4.17. The topological polar surface area (TPSA) is 26.3 Å². The zero-order valence-electron chi connectivity index (χ0n) is 10.4. The molecule has 16 heavy (non-hydrogen) atoms. The summed E-state index contributed by atoms with van der Waals surface area (Å²) < 4.78 is 5.61. The van der Waals surface area contributed by atoms with Gasteiger partial charge in [0.2, 0.25) is 0 Å². The van der Waals surface area contributed by atoms with Crippen molar-refractivity contribution in [1.82, 2.24) is 0 Å². The molecule has 0 saturated carbocycles. The first-order valence-electron chi connectivity index (χ1n) is 5.84. The average Bonchev–Trinajstić information content (AvgIpc) is 2.22. The van der Waals surface area contributed by atoms with Gasteiger partial charge in [-0.25, -0.2) is 0 Å². The predicted octanol–water partition coefficient (Wildman–Crippen LogP) is 3.44. The first-order valence-corrected chi connectivity index (χ1v) is 5.84. The van der Waals surface area contributed by atoms with Gasteiger partial charge in [-0.05, 0) is 43.5 Å². The van der Waals surface area contributed by atoms with Crippen LogP contribution in [-0.4, -0.2) is 12.4 Å². The van der Waals surface area contributed by atoms with Gasteiger partial charge in [-0.15, -0.1) is 0 Å². The summed E-state index contributed by atoms with van der Waals surface area (Å²) in [4.78, 5) is 11.1. The van der Waals surface area contributed by atoms with Gasteiger partial charge in [0.15, 0.2) is 0 Å². The van der Waals surface area contributed by atoms with E-state index in [-0.39, 0.29) is 0 Å². The van der Waals surface area contributed by atoms with E-state index >= 15 is 0 Å². The van der Waals surface area contributed by atoms with Crippen LogP contribution in [0.15, 0.2) is 18.2 Å². The fourth-order valence-electron chi connectivity index (χ4n) is 1.65. The number of Topliss-reactive ketones (excluding diaryl/α,β-unsaturated/α-hetero) is 1. The lowest BCUT2D eigenvalue weighted by Crippen LogP contribution is -2.02. The van der Waals surface area contributed by atoms with Crippen LogP contribution in [0.4, 0.5) is 0 Å². The second-order valence-electron chi connectivity index (χ2n) is 4.17. The minimum absolute atomic E-state index is 0.309. The Labute approximate surface area is 97.6 Å². The third-order valence-corrected chi connectivity index (χ3v) is 2.46. The molecule has 0 fully saturated rings. The van der Waals surface area contributed by atoms with E-state index in [0.717, 1.165) is 12.2 Å². The van der Waals surface area contributed by atoms with Crippen LogP contribution in [0.3, 0.4) is 0 Å². The van der Waals surface area contributed by atoms with Crippen molar-refractivity contribution in [2.45, 2.75) is 40.0 Å². The zero-order chi connectivity index (χ0) is 12.0. The smallest absolute Gasteiger partial charge is 0.132 e. The van der Waals surface area contributed by atoms with Crippen LogP contribution in [0.25, 0.3) is 0 Å². The molecule has 0 radical (unpaired) electrons. The highest BCUT2D eigenvalue weighted by atomic mass is 16.5. The van der Waals surface area contributed by atoms with Gasteiger partial charge in [-0.1, -0.05) is 13.0 Å². The average molecular weight is 220 g/mol. The molecule has 0 bridgehead atoms. The van der Waals surface area contributed by atoms with Crippen molar-refractivity contribution in [3.63, 3.8) is 0 Å². The monoisotopic (exact) mass is 220 g/mol. The number of rotatable bonds is 6. The molecular weight excluding hydrogens is 200 g/mol.